The molecule has 0 saturated carbocycles. The Labute approximate surface area is 84.8 Å². The molecule has 0 aliphatic rings. The molecule has 0 fully saturated rings. The van der Waals surface area contributed by atoms with Crippen LogP contribution in [0.25, 0.3) is 0 Å². The van der Waals surface area contributed by atoms with Gasteiger partial charge in [-0.15, -0.1) is 0 Å². The largest absolute Gasteiger partial charge is 0.312 e. The van der Waals surface area contributed by atoms with Crippen LogP contribution >= 0.6 is 0 Å². The molecule has 3 nitrogen and oxygen atoms in total. The molecule has 0 aromatic carbocycles. The van der Waals surface area contributed by atoms with E-state index in [1.54, 1.807) is 12.4 Å². The highest BCUT2D eigenvalue weighted by molar-refractivity contribution is 5.20. The molecule has 0 radical (unpaired) electrons. The van der Waals surface area contributed by atoms with Crippen LogP contribution in [0.4, 0.5) is 0 Å². The molecular weight excluding hydrogens is 174 g/mol. The SMILES string of the molecule is CNC(c1cccnc1)C(C)(C)C#N. The summed E-state index contributed by atoms with van der Waals surface area (Å²) in [6, 6.07) is 6.18. The van der Waals surface area contributed by atoms with E-state index in [1.165, 1.54) is 0 Å². The third kappa shape index (κ3) is 2.09. The van der Waals surface area contributed by atoms with Crippen molar-refractivity contribution >= 4 is 0 Å². The van der Waals surface area contributed by atoms with Gasteiger partial charge in [0.25, 0.3) is 0 Å². The quantitative estimate of drug-likeness (QED) is 0.790. The van der Waals surface area contributed by atoms with Gasteiger partial charge in [0.2, 0.25) is 0 Å². The van der Waals surface area contributed by atoms with E-state index in [2.05, 4.69) is 16.4 Å². The zero-order valence-corrected chi connectivity index (χ0v) is 8.78. The summed E-state index contributed by atoms with van der Waals surface area (Å²) in [6.07, 6.45) is 3.52. The number of nitrogens with one attached hydrogen (secondary N) is 1. The predicted molar refractivity (Wildman–Crippen MR) is 55.4 cm³/mol. The molecule has 1 heterocycles. The van der Waals surface area contributed by atoms with Crippen LogP contribution in [0.3, 0.4) is 0 Å². The summed E-state index contributed by atoms with van der Waals surface area (Å²) in [5.41, 5.74) is 0.610. The number of pyridine rings is 1. The summed E-state index contributed by atoms with van der Waals surface area (Å²) in [5.74, 6) is 0. The molecule has 1 atom stereocenters. The molecule has 1 aromatic heterocycles. The maximum Gasteiger partial charge on any atom is 0.0712 e. The summed E-state index contributed by atoms with van der Waals surface area (Å²) < 4.78 is 0. The first kappa shape index (κ1) is 10.7. The van der Waals surface area contributed by atoms with Gasteiger partial charge in [0.15, 0.2) is 0 Å². The van der Waals surface area contributed by atoms with Crippen molar-refractivity contribution in [3.05, 3.63) is 30.1 Å². The van der Waals surface area contributed by atoms with Crippen LogP contribution in [0.5, 0.6) is 0 Å². The number of rotatable bonds is 3. The first-order valence-corrected chi connectivity index (χ1v) is 4.60. The number of hydrogen-bond donors (Lipinski definition) is 1. The van der Waals surface area contributed by atoms with Gasteiger partial charge in [-0.3, -0.25) is 4.98 Å². The van der Waals surface area contributed by atoms with Crippen molar-refractivity contribution in [1.29, 1.82) is 5.26 Å². The molecule has 74 valence electrons. The van der Waals surface area contributed by atoms with Gasteiger partial charge in [-0.05, 0) is 32.5 Å². The molecule has 14 heavy (non-hydrogen) atoms. The summed E-state index contributed by atoms with van der Waals surface area (Å²) >= 11 is 0. The summed E-state index contributed by atoms with van der Waals surface area (Å²) in [7, 11) is 1.86. The van der Waals surface area contributed by atoms with E-state index in [1.807, 2.05) is 33.0 Å². The number of hydrogen-bond acceptors (Lipinski definition) is 3. The van der Waals surface area contributed by atoms with Crippen LogP contribution in [0.2, 0.25) is 0 Å². The lowest BCUT2D eigenvalue weighted by Gasteiger charge is -2.27. The average Bonchev–Trinajstić information content (AvgIpc) is 2.20. The molecule has 1 N–H and O–H groups in total. The van der Waals surface area contributed by atoms with Gasteiger partial charge >= 0.3 is 0 Å². The normalized spacial score (nSPS) is 13.3. The molecule has 1 rings (SSSR count). The van der Waals surface area contributed by atoms with E-state index in [0.29, 0.717) is 0 Å². The van der Waals surface area contributed by atoms with Crippen molar-refractivity contribution in [3.63, 3.8) is 0 Å². The lowest BCUT2D eigenvalue weighted by Crippen LogP contribution is -2.30. The lowest BCUT2D eigenvalue weighted by molar-refractivity contribution is 0.343. The van der Waals surface area contributed by atoms with Gasteiger partial charge < -0.3 is 5.32 Å². The molecule has 0 bridgehead atoms. The maximum absolute atomic E-state index is 9.05. The molecule has 1 unspecified atom stereocenters. The van der Waals surface area contributed by atoms with Crippen LogP contribution in [0.15, 0.2) is 24.5 Å². The third-order valence-corrected chi connectivity index (χ3v) is 2.32. The molecule has 0 aliphatic heterocycles. The predicted octanol–water partition coefficient (Wildman–Crippen LogP) is 1.89. The van der Waals surface area contributed by atoms with Crippen molar-refractivity contribution < 1.29 is 0 Å². The summed E-state index contributed by atoms with van der Waals surface area (Å²) in [5, 5.41) is 12.2. The standard InChI is InChI=1S/C11H15N3/c1-11(2,8-12)10(13-3)9-5-4-6-14-7-9/h4-7,10,13H,1-3H3. The highest BCUT2D eigenvalue weighted by atomic mass is 14.9. The van der Waals surface area contributed by atoms with Crippen LogP contribution in [-0.2, 0) is 0 Å². The van der Waals surface area contributed by atoms with Gasteiger partial charge in [0.1, 0.15) is 0 Å². The molecule has 0 amide bonds. The second-order valence-corrected chi connectivity index (χ2v) is 3.84. The van der Waals surface area contributed by atoms with E-state index in [-0.39, 0.29) is 6.04 Å². The van der Waals surface area contributed by atoms with Gasteiger partial charge in [-0.25, -0.2) is 0 Å². The Morgan fingerprint density at radius 1 is 1.57 bits per heavy atom. The number of nitrogens with zero attached hydrogens (tertiary/aromatic N) is 2. The van der Waals surface area contributed by atoms with Gasteiger partial charge in [0, 0.05) is 12.4 Å². The summed E-state index contributed by atoms with van der Waals surface area (Å²) in [6.45, 7) is 3.84. The van der Waals surface area contributed by atoms with Gasteiger partial charge in [-0.1, -0.05) is 6.07 Å². The van der Waals surface area contributed by atoms with E-state index in [9.17, 15) is 0 Å². The highest BCUT2D eigenvalue weighted by Crippen LogP contribution is 2.31. The van der Waals surface area contributed by atoms with Crippen molar-refractivity contribution in [2.24, 2.45) is 5.41 Å². The Morgan fingerprint density at radius 2 is 2.29 bits per heavy atom. The van der Waals surface area contributed by atoms with Crippen molar-refractivity contribution in [1.82, 2.24) is 10.3 Å². The van der Waals surface area contributed by atoms with Gasteiger partial charge in [0.05, 0.1) is 17.5 Å². The minimum atomic E-state index is -0.433. The first-order chi connectivity index (χ1) is 6.61. The molecule has 0 spiro atoms. The van der Waals surface area contributed by atoms with E-state index in [0.717, 1.165) is 5.56 Å². The molecule has 1 aromatic rings. The maximum atomic E-state index is 9.05. The van der Waals surface area contributed by atoms with E-state index >= 15 is 0 Å². The zero-order valence-electron chi connectivity index (χ0n) is 8.78. The minimum Gasteiger partial charge on any atom is -0.312 e. The van der Waals surface area contributed by atoms with Crippen LogP contribution < -0.4 is 5.32 Å². The zero-order chi connectivity index (χ0) is 10.6. The fraction of sp³-hybridized carbons (Fsp3) is 0.455. The van der Waals surface area contributed by atoms with Gasteiger partial charge in [-0.2, -0.15) is 5.26 Å². The Balaban J connectivity index is 3.01. The summed E-state index contributed by atoms with van der Waals surface area (Å²) in [4.78, 5) is 4.05. The van der Waals surface area contributed by atoms with Crippen LogP contribution in [0.1, 0.15) is 25.5 Å². The Kier molecular flexibility index (Phi) is 3.21. The number of nitriles is 1. The molecule has 0 saturated heterocycles. The highest BCUT2D eigenvalue weighted by Gasteiger charge is 2.29. The minimum absolute atomic E-state index is 0.0150. The van der Waals surface area contributed by atoms with Crippen LogP contribution in [0, 0.1) is 16.7 Å². The first-order valence-electron chi connectivity index (χ1n) is 4.60. The van der Waals surface area contributed by atoms with Crippen molar-refractivity contribution in [2.45, 2.75) is 19.9 Å². The second kappa shape index (κ2) is 4.21. The van der Waals surface area contributed by atoms with Crippen molar-refractivity contribution in [3.8, 4) is 6.07 Å². The Bertz CT molecular complexity index is 324. The molecule has 3 heteroatoms. The molecule has 0 aliphatic carbocycles. The topological polar surface area (TPSA) is 48.7 Å². The third-order valence-electron chi connectivity index (χ3n) is 2.32. The molecular formula is C11H15N3. The van der Waals surface area contributed by atoms with Crippen molar-refractivity contribution in [2.75, 3.05) is 7.05 Å². The Morgan fingerprint density at radius 3 is 2.71 bits per heavy atom. The average molecular weight is 189 g/mol. The van der Waals surface area contributed by atoms with E-state index < -0.39 is 5.41 Å². The lowest BCUT2D eigenvalue weighted by atomic mass is 9.82. The smallest absolute Gasteiger partial charge is 0.0712 e. The number of aromatic nitrogens is 1. The van der Waals surface area contributed by atoms with E-state index in [4.69, 9.17) is 5.26 Å². The monoisotopic (exact) mass is 189 g/mol. The fourth-order valence-corrected chi connectivity index (χ4v) is 1.56. The fourth-order valence-electron chi connectivity index (χ4n) is 1.56. The van der Waals surface area contributed by atoms with Crippen LogP contribution in [-0.4, -0.2) is 12.0 Å². The Hall–Kier alpha value is -1.40. The second-order valence-electron chi connectivity index (χ2n) is 3.84.